The fourth-order valence-electron chi connectivity index (χ4n) is 7.32. The largest absolute Gasteiger partial charge is 0.508 e. The number of fused-ring (bicyclic) bond motifs is 3. The Labute approximate surface area is 243 Å². The minimum absolute atomic E-state index is 0.0175. The average molecular weight is 593 g/mol. The van der Waals surface area contributed by atoms with E-state index in [0.29, 0.717) is 36.8 Å². The normalized spacial score (nSPS) is 40.5. The summed E-state index contributed by atoms with van der Waals surface area (Å²) in [5, 5.41) is 60.3. The monoisotopic (exact) mass is 592 g/mol. The van der Waals surface area contributed by atoms with E-state index in [9.17, 15) is 40.2 Å². The molecule has 2 aliphatic carbocycles. The lowest BCUT2D eigenvalue weighted by Crippen LogP contribution is -2.60. The van der Waals surface area contributed by atoms with Crippen LogP contribution in [0, 0.1) is 23.2 Å². The molecule has 0 aromatic heterocycles. The number of hydrogen-bond donors (Lipinski definition) is 6. The Hall–Kier alpha value is -2.58. The second-order valence-electron chi connectivity index (χ2n) is 12.3. The molecule has 5 rings (SSSR count). The number of aliphatic hydroxyl groups excluding tert-OH is 5. The fraction of sp³-hybridized carbons (Fsp3) is 0.667. The van der Waals surface area contributed by atoms with Gasteiger partial charge in [0.2, 0.25) is 0 Å². The number of carbonyl (C=O) groups excluding carboxylic acids is 2. The summed E-state index contributed by atoms with van der Waals surface area (Å²) in [6.07, 6.45) is -7.42. The van der Waals surface area contributed by atoms with Gasteiger partial charge in [-0.15, -0.1) is 0 Å². The molecular formula is C30H40O12. The van der Waals surface area contributed by atoms with Gasteiger partial charge in [-0.25, -0.2) is 9.59 Å². The van der Waals surface area contributed by atoms with Crippen LogP contribution in [0.5, 0.6) is 5.75 Å². The maximum Gasteiger partial charge on any atom is 0.335 e. The summed E-state index contributed by atoms with van der Waals surface area (Å²) in [5.41, 5.74) is 0.410. The van der Waals surface area contributed by atoms with Crippen LogP contribution in [-0.2, 0) is 35.0 Å². The zero-order valence-electron chi connectivity index (χ0n) is 23.4. The van der Waals surface area contributed by atoms with Gasteiger partial charge < -0.3 is 49.6 Å². The maximum atomic E-state index is 13.0. The van der Waals surface area contributed by atoms with Gasteiger partial charge in [-0.05, 0) is 49.3 Å². The first-order chi connectivity index (χ1) is 19.9. The highest BCUT2D eigenvalue weighted by atomic mass is 16.7. The Morgan fingerprint density at radius 1 is 1.12 bits per heavy atom. The first-order valence-corrected chi connectivity index (χ1v) is 14.4. The van der Waals surface area contributed by atoms with E-state index in [1.165, 1.54) is 12.1 Å². The molecule has 232 valence electrons. The van der Waals surface area contributed by atoms with Crippen LogP contribution in [0.2, 0.25) is 0 Å². The summed E-state index contributed by atoms with van der Waals surface area (Å²) in [6, 6.07) is 6.18. The molecule has 12 nitrogen and oxygen atoms in total. The van der Waals surface area contributed by atoms with Crippen molar-refractivity contribution < 1.29 is 59.2 Å². The van der Waals surface area contributed by atoms with E-state index in [1.807, 2.05) is 6.92 Å². The molecule has 12 heteroatoms. The SMILES string of the molecule is C=C1C(=O)O[C@@H]2[C@H]3[C@H](CO[C@@H]4O[C@H](CO)[C@@H](O)[C@H](O)[C@H]4O)CC[C@@H](OC(=O)[C@H](O)Cc4ccc(O)cc4)[C@]3(C)CC[C@@H]12. The molecule has 2 saturated heterocycles. The number of aliphatic hydroxyl groups is 5. The Morgan fingerprint density at radius 2 is 1.83 bits per heavy atom. The lowest BCUT2D eigenvalue weighted by atomic mass is 9.52. The molecule has 2 saturated carbocycles. The first kappa shape index (κ1) is 30.9. The second-order valence-corrected chi connectivity index (χ2v) is 12.3. The van der Waals surface area contributed by atoms with Crippen LogP contribution >= 0.6 is 0 Å². The number of rotatable bonds is 8. The van der Waals surface area contributed by atoms with Gasteiger partial charge in [0.1, 0.15) is 42.4 Å². The van der Waals surface area contributed by atoms with E-state index in [0.717, 1.165) is 0 Å². The van der Waals surface area contributed by atoms with Gasteiger partial charge in [-0.3, -0.25) is 0 Å². The van der Waals surface area contributed by atoms with Crippen molar-refractivity contribution in [3.8, 4) is 5.75 Å². The average Bonchev–Trinajstić information content (AvgIpc) is 3.26. The summed E-state index contributed by atoms with van der Waals surface area (Å²) in [5.74, 6) is -1.92. The van der Waals surface area contributed by atoms with Crippen LogP contribution < -0.4 is 0 Å². The molecule has 0 unspecified atom stereocenters. The van der Waals surface area contributed by atoms with Crippen LogP contribution in [-0.4, -0.2) is 105 Å². The molecule has 12 atom stereocenters. The quantitative estimate of drug-likeness (QED) is 0.174. The highest BCUT2D eigenvalue weighted by molar-refractivity contribution is 5.91. The number of phenolic OH excluding ortho intramolecular Hbond substituents is 1. The van der Waals surface area contributed by atoms with Crippen molar-refractivity contribution in [2.75, 3.05) is 13.2 Å². The van der Waals surface area contributed by atoms with Crippen LogP contribution in [0.1, 0.15) is 38.2 Å². The number of benzene rings is 1. The third kappa shape index (κ3) is 5.69. The van der Waals surface area contributed by atoms with Crippen LogP contribution in [0.25, 0.3) is 0 Å². The third-order valence-corrected chi connectivity index (χ3v) is 9.72. The molecular weight excluding hydrogens is 552 g/mol. The molecule has 4 fully saturated rings. The Kier molecular flexibility index (Phi) is 8.96. The standard InChI is InChI=1S/C30H40O12/c1-14-18-9-10-30(2)21(41-28(38)19(33)11-15-3-6-17(32)7-4-15)8-5-16(22(30)26(18)42-27(14)37)13-39-29-25(36)24(35)23(34)20(12-31)40-29/h3-4,6-7,16,18-26,29,31-36H,1,5,8-13H2,2H3/t16-,18-,19+,20+,21+,22+,23+,24-,25+,26-,29+,30-/m0/s1. The molecule has 1 aromatic rings. The predicted molar refractivity (Wildman–Crippen MR) is 143 cm³/mol. The van der Waals surface area contributed by atoms with Gasteiger partial charge in [-0.1, -0.05) is 25.6 Å². The highest BCUT2D eigenvalue weighted by Gasteiger charge is 2.61. The molecule has 0 bridgehead atoms. The molecule has 6 N–H and O–H groups in total. The fourth-order valence-corrected chi connectivity index (χ4v) is 7.32. The van der Waals surface area contributed by atoms with E-state index in [1.54, 1.807) is 12.1 Å². The van der Waals surface area contributed by atoms with Gasteiger partial charge in [-0.2, -0.15) is 0 Å². The summed E-state index contributed by atoms with van der Waals surface area (Å²) in [6.45, 7) is 5.38. The van der Waals surface area contributed by atoms with E-state index in [-0.39, 0.29) is 36.5 Å². The van der Waals surface area contributed by atoms with Crippen molar-refractivity contribution in [3.63, 3.8) is 0 Å². The molecule has 0 amide bonds. The lowest BCUT2D eigenvalue weighted by molar-refractivity contribution is -0.306. The second kappa shape index (κ2) is 12.2. The summed E-state index contributed by atoms with van der Waals surface area (Å²) in [4.78, 5) is 25.6. The van der Waals surface area contributed by atoms with Gasteiger partial charge in [0.15, 0.2) is 12.4 Å². The van der Waals surface area contributed by atoms with Crippen molar-refractivity contribution in [1.29, 1.82) is 0 Å². The van der Waals surface area contributed by atoms with Gasteiger partial charge in [0.25, 0.3) is 0 Å². The molecule has 2 aliphatic heterocycles. The van der Waals surface area contributed by atoms with Crippen LogP contribution in [0.3, 0.4) is 0 Å². The number of aromatic hydroxyl groups is 1. The van der Waals surface area contributed by atoms with Gasteiger partial charge in [0.05, 0.1) is 13.2 Å². The Bertz CT molecular complexity index is 1150. The van der Waals surface area contributed by atoms with Gasteiger partial charge >= 0.3 is 11.9 Å². The number of carbonyl (C=O) groups is 2. The minimum atomic E-state index is -1.58. The predicted octanol–water partition coefficient (Wildman–Crippen LogP) is -0.0520. The number of esters is 2. The molecule has 1 aromatic carbocycles. The summed E-state index contributed by atoms with van der Waals surface area (Å²) < 4.78 is 23.2. The molecule has 0 spiro atoms. The van der Waals surface area contributed by atoms with Crippen molar-refractivity contribution in [3.05, 3.63) is 42.0 Å². The lowest BCUT2D eigenvalue weighted by Gasteiger charge is -2.55. The zero-order chi connectivity index (χ0) is 30.3. The van der Waals surface area contributed by atoms with E-state index in [4.69, 9.17) is 18.9 Å². The summed E-state index contributed by atoms with van der Waals surface area (Å²) >= 11 is 0. The molecule has 4 aliphatic rings. The van der Waals surface area contributed by atoms with Gasteiger partial charge in [0, 0.05) is 29.2 Å². The van der Waals surface area contributed by atoms with Crippen LogP contribution in [0.15, 0.2) is 36.4 Å². The minimum Gasteiger partial charge on any atom is -0.508 e. The van der Waals surface area contributed by atoms with Crippen molar-refractivity contribution in [1.82, 2.24) is 0 Å². The van der Waals surface area contributed by atoms with Crippen molar-refractivity contribution in [2.24, 2.45) is 23.2 Å². The topological polar surface area (TPSA) is 192 Å². The van der Waals surface area contributed by atoms with Crippen LogP contribution in [0.4, 0.5) is 0 Å². The van der Waals surface area contributed by atoms with E-state index in [2.05, 4.69) is 6.58 Å². The molecule has 0 radical (unpaired) electrons. The smallest absolute Gasteiger partial charge is 0.335 e. The van der Waals surface area contributed by atoms with Crippen molar-refractivity contribution >= 4 is 11.9 Å². The zero-order valence-corrected chi connectivity index (χ0v) is 23.4. The highest BCUT2D eigenvalue weighted by Crippen LogP contribution is 2.58. The number of phenols is 1. The number of ether oxygens (including phenoxy) is 4. The third-order valence-electron chi connectivity index (χ3n) is 9.72. The summed E-state index contributed by atoms with van der Waals surface area (Å²) in [7, 11) is 0. The molecule has 42 heavy (non-hydrogen) atoms. The van der Waals surface area contributed by atoms with Crippen molar-refractivity contribution in [2.45, 2.75) is 88.0 Å². The van der Waals surface area contributed by atoms with E-state index < -0.39 is 73.0 Å². The Morgan fingerprint density at radius 3 is 2.52 bits per heavy atom. The Balaban J connectivity index is 1.32. The maximum absolute atomic E-state index is 13.0. The first-order valence-electron chi connectivity index (χ1n) is 14.4. The number of hydrogen-bond acceptors (Lipinski definition) is 12. The van der Waals surface area contributed by atoms with E-state index >= 15 is 0 Å². The molecule has 2 heterocycles.